The van der Waals surface area contributed by atoms with Gasteiger partial charge >= 0.3 is 0 Å². The molecule has 1 rings (SSSR count). The van der Waals surface area contributed by atoms with Crippen LogP contribution in [0.5, 0.6) is 5.75 Å². The molecule has 2 heteroatoms. The van der Waals surface area contributed by atoms with Crippen LogP contribution < -0.4 is 0 Å². The third kappa shape index (κ3) is 2.58. The summed E-state index contributed by atoms with van der Waals surface area (Å²) in [6.45, 7) is 2.05. The Balaban J connectivity index is 2.79. The van der Waals surface area contributed by atoms with E-state index in [9.17, 15) is 4.79 Å². The minimum absolute atomic E-state index is 0.0226. The molecule has 2 nitrogen and oxygen atoms in total. The highest BCUT2D eigenvalue weighted by Gasteiger charge is 2.08. The number of aldehydes is 1. The van der Waals surface area contributed by atoms with E-state index >= 15 is 0 Å². The highest BCUT2D eigenvalue weighted by Crippen LogP contribution is 2.20. The van der Waals surface area contributed by atoms with Gasteiger partial charge < -0.3 is 9.90 Å². The summed E-state index contributed by atoms with van der Waals surface area (Å²) in [7, 11) is 0. The van der Waals surface area contributed by atoms with E-state index in [-0.39, 0.29) is 11.7 Å². The molecule has 0 aromatic heterocycles. The zero-order valence-electron chi connectivity index (χ0n) is 7.73. The maximum absolute atomic E-state index is 10.7. The average Bonchev–Trinajstić information content (AvgIpc) is 2.16. The van der Waals surface area contributed by atoms with Crippen molar-refractivity contribution >= 4 is 6.29 Å². The van der Waals surface area contributed by atoms with Gasteiger partial charge in [-0.05, 0) is 24.1 Å². The van der Waals surface area contributed by atoms with Crippen molar-refractivity contribution in [3.63, 3.8) is 0 Å². The Morgan fingerprint density at radius 2 is 2.00 bits per heavy atom. The van der Waals surface area contributed by atoms with Crippen LogP contribution in [0.4, 0.5) is 0 Å². The highest BCUT2D eigenvalue weighted by molar-refractivity contribution is 5.62. The van der Waals surface area contributed by atoms with Gasteiger partial charge in [-0.3, -0.25) is 0 Å². The van der Waals surface area contributed by atoms with Gasteiger partial charge in [0.2, 0.25) is 0 Å². The minimum atomic E-state index is -0.0226. The third-order valence-corrected chi connectivity index (χ3v) is 2.09. The molecule has 0 radical (unpaired) electrons. The van der Waals surface area contributed by atoms with Gasteiger partial charge in [-0.25, -0.2) is 0 Å². The Bertz CT molecular complexity index is 264. The standard InChI is InChI=1S/C11H14O2/c1-2-3-10(8-12)9-4-6-11(13)7-5-9/h4-8,10,13H,2-3H2,1H3. The SMILES string of the molecule is CCCC(C=O)c1ccc(O)cc1. The van der Waals surface area contributed by atoms with Crippen molar-refractivity contribution < 1.29 is 9.90 Å². The maximum atomic E-state index is 10.7. The van der Waals surface area contributed by atoms with Crippen molar-refractivity contribution in [2.24, 2.45) is 0 Å². The van der Waals surface area contributed by atoms with Crippen LogP contribution in [-0.4, -0.2) is 11.4 Å². The van der Waals surface area contributed by atoms with Crippen molar-refractivity contribution in [3.05, 3.63) is 29.8 Å². The van der Waals surface area contributed by atoms with E-state index in [2.05, 4.69) is 6.92 Å². The summed E-state index contributed by atoms with van der Waals surface area (Å²) < 4.78 is 0. The second-order valence-electron chi connectivity index (χ2n) is 3.12. The summed E-state index contributed by atoms with van der Waals surface area (Å²) in [6.07, 6.45) is 2.83. The lowest BCUT2D eigenvalue weighted by Crippen LogP contribution is -1.98. The Kier molecular flexibility index (Phi) is 3.50. The summed E-state index contributed by atoms with van der Waals surface area (Å²) in [4.78, 5) is 10.7. The first-order valence-electron chi connectivity index (χ1n) is 4.52. The quantitative estimate of drug-likeness (QED) is 0.719. The number of carbonyl (C=O) groups excluding carboxylic acids is 1. The van der Waals surface area contributed by atoms with Crippen LogP contribution in [0.2, 0.25) is 0 Å². The van der Waals surface area contributed by atoms with Gasteiger partial charge in [-0.15, -0.1) is 0 Å². The number of aromatic hydroxyl groups is 1. The summed E-state index contributed by atoms with van der Waals surface area (Å²) in [5, 5.41) is 9.05. The monoisotopic (exact) mass is 178 g/mol. The Hall–Kier alpha value is -1.31. The fourth-order valence-corrected chi connectivity index (χ4v) is 1.35. The van der Waals surface area contributed by atoms with E-state index in [1.54, 1.807) is 24.3 Å². The average molecular weight is 178 g/mol. The molecule has 0 saturated carbocycles. The van der Waals surface area contributed by atoms with E-state index in [1.807, 2.05) is 0 Å². The minimum Gasteiger partial charge on any atom is -0.508 e. The predicted octanol–water partition coefficient (Wildman–Crippen LogP) is 2.47. The van der Waals surface area contributed by atoms with Gasteiger partial charge in [0.25, 0.3) is 0 Å². The van der Waals surface area contributed by atoms with Crippen LogP contribution in [0.15, 0.2) is 24.3 Å². The molecule has 0 aliphatic rings. The molecular weight excluding hydrogens is 164 g/mol. The number of carbonyl (C=O) groups is 1. The van der Waals surface area contributed by atoms with E-state index in [1.165, 1.54) is 0 Å². The Morgan fingerprint density at radius 1 is 1.38 bits per heavy atom. The smallest absolute Gasteiger partial charge is 0.127 e. The van der Waals surface area contributed by atoms with Crippen LogP contribution in [0.25, 0.3) is 0 Å². The van der Waals surface area contributed by atoms with Crippen LogP contribution >= 0.6 is 0 Å². The molecule has 0 saturated heterocycles. The second kappa shape index (κ2) is 4.65. The molecule has 13 heavy (non-hydrogen) atoms. The molecule has 0 spiro atoms. The van der Waals surface area contributed by atoms with Gasteiger partial charge in [0.05, 0.1) is 0 Å². The maximum Gasteiger partial charge on any atom is 0.127 e. The molecule has 70 valence electrons. The van der Waals surface area contributed by atoms with Crippen molar-refractivity contribution in [2.45, 2.75) is 25.7 Å². The normalized spacial score (nSPS) is 12.4. The van der Waals surface area contributed by atoms with Crippen molar-refractivity contribution in [2.75, 3.05) is 0 Å². The van der Waals surface area contributed by atoms with E-state index in [0.29, 0.717) is 0 Å². The number of phenolic OH excluding ortho intramolecular Hbond substituents is 1. The number of hydrogen-bond donors (Lipinski definition) is 1. The molecule has 1 aromatic rings. The lowest BCUT2D eigenvalue weighted by atomic mass is 9.96. The van der Waals surface area contributed by atoms with Gasteiger partial charge in [0.1, 0.15) is 12.0 Å². The molecule has 1 aromatic carbocycles. The molecule has 0 amide bonds. The van der Waals surface area contributed by atoms with E-state index in [0.717, 1.165) is 24.7 Å². The molecule has 1 unspecified atom stereocenters. The van der Waals surface area contributed by atoms with Gasteiger partial charge in [-0.1, -0.05) is 25.5 Å². The first-order valence-corrected chi connectivity index (χ1v) is 4.52. The van der Waals surface area contributed by atoms with E-state index in [4.69, 9.17) is 5.11 Å². The molecule has 0 bridgehead atoms. The van der Waals surface area contributed by atoms with Gasteiger partial charge in [0, 0.05) is 5.92 Å². The zero-order valence-corrected chi connectivity index (χ0v) is 7.73. The highest BCUT2D eigenvalue weighted by atomic mass is 16.3. The van der Waals surface area contributed by atoms with Crippen LogP contribution in [0.1, 0.15) is 31.2 Å². The molecule has 0 aliphatic heterocycles. The molecule has 0 heterocycles. The fourth-order valence-electron chi connectivity index (χ4n) is 1.35. The number of phenols is 1. The van der Waals surface area contributed by atoms with Crippen molar-refractivity contribution in [1.82, 2.24) is 0 Å². The van der Waals surface area contributed by atoms with Crippen LogP contribution in [0, 0.1) is 0 Å². The first kappa shape index (κ1) is 9.78. The third-order valence-electron chi connectivity index (χ3n) is 2.09. The second-order valence-corrected chi connectivity index (χ2v) is 3.12. The van der Waals surface area contributed by atoms with E-state index < -0.39 is 0 Å². The molecule has 1 N–H and O–H groups in total. The molecule has 0 aliphatic carbocycles. The summed E-state index contributed by atoms with van der Waals surface area (Å²) in [6, 6.07) is 6.82. The number of rotatable bonds is 4. The summed E-state index contributed by atoms with van der Waals surface area (Å²) in [5.41, 5.74) is 0.981. The van der Waals surface area contributed by atoms with Crippen LogP contribution in [-0.2, 0) is 4.79 Å². The Labute approximate surface area is 78.2 Å². The van der Waals surface area contributed by atoms with Gasteiger partial charge in [0.15, 0.2) is 0 Å². The predicted molar refractivity (Wildman–Crippen MR) is 51.8 cm³/mol. The topological polar surface area (TPSA) is 37.3 Å². The number of benzene rings is 1. The molecule has 0 fully saturated rings. The summed E-state index contributed by atoms with van der Waals surface area (Å²) in [5.74, 6) is 0.218. The van der Waals surface area contributed by atoms with Crippen molar-refractivity contribution in [1.29, 1.82) is 0 Å². The molecule has 1 atom stereocenters. The van der Waals surface area contributed by atoms with Crippen LogP contribution in [0.3, 0.4) is 0 Å². The lowest BCUT2D eigenvalue weighted by molar-refractivity contribution is -0.109. The van der Waals surface area contributed by atoms with Crippen molar-refractivity contribution in [3.8, 4) is 5.75 Å². The Morgan fingerprint density at radius 3 is 2.46 bits per heavy atom. The first-order chi connectivity index (χ1) is 6.27. The molecular formula is C11H14O2. The lowest BCUT2D eigenvalue weighted by Gasteiger charge is -2.08. The zero-order chi connectivity index (χ0) is 9.68. The fraction of sp³-hybridized carbons (Fsp3) is 0.364. The largest absolute Gasteiger partial charge is 0.508 e. The van der Waals surface area contributed by atoms with Gasteiger partial charge in [-0.2, -0.15) is 0 Å². The number of hydrogen-bond acceptors (Lipinski definition) is 2. The summed E-state index contributed by atoms with van der Waals surface area (Å²) >= 11 is 0.